The first-order valence-corrected chi connectivity index (χ1v) is 4.96. The molecule has 88 valence electrons. The molecule has 1 fully saturated rings. The monoisotopic (exact) mass is 233 g/mol. The van der Waals surface area contributed by atoms with Crippen molar-refractivity contribution in [3.05, 3.63) is 35.1 Å². The van der Waals surface area contributed by atoms with Gasteiger partial charge in [0.2, 0.25) is 0 Å². The van der Waals surface area contributed by atoms with Gasteiger partial charge >= 0.3 is 6.18 Å². The van der Waals surface area contributed by atoms with Gasteiger partial charge in [0, 0.05) is 12.0 Å². The van der Waals surface area contributed by atoms with Crippen LogP contribution < -0.4 is 5.73 Å². The van der Waals surface area contributed by atoms with E-state index in [4.69, 9.17) is 5.73 Å². The van der Waals surface area contributed by atoms with Crippen LogP contribution in [0.4, 0.5) is 17.6 Å². The first kappa shape index (κ1) is 11.4. The maximum Gasteiger partial charge on any atom is 0.416 e. The molecule has 0 amide bonds. The zero-order valence-electron chi connectivity index (χ0n) is 8.44. The lowest BCUT2D eigenvalue weighted by Gasteiger charge is -2.19. The van der Waals surface area contributed by atoms with Crippen LogP contribution in [-0.4, -0.2) is 6.54 Å². The molecule has 2 rings (SSSR count). The molecule has 0 aromatic heterocycles. The Labute approximate surface area is 90.3 Å². The number of nitrogens with two attached hydrogens (primary N) is 1. The number of hydrogen-bond donors (Lipinski definition) is 1. The van der Waals surface area contributed by atoms with E-state index >= 15 is 0 Å². The highest BCUT2D eigenvalue weighted by atomic mass is 19.4. The van der Waals surface area contributed by atoms with Crippen molar-refractivity contribution in [1.82, 2.24) is 0 Å². The minimum absolute atomic E-state index is 0.00231. The molecule has 0 radical (unpaired) electrons. The minimum Gasteiger partial charge on any atom is -0.330 e. The van der Waals surface area contributed by atoms with Gasteiger partial charge in [-0.05, 0) is 36.6 Å². The van der Waals surface area contributed by atoms with E-state index in [2.05, 4.69) is 0 Å². The molecular formula is C11H11F4N. The van der Waals surface area contributed by atoms with E-state index < -0.39 is 23.0 Å². The maximum atomic E-state index is 13.0. The quantitative estimate of drug-likeness (QED) is 0.781. The molecule has 16 heavy (non-hydrogen) atoms. The van der Waals surface area contributed by atoms with Crippen LogP contribution >= 0.6 is 0 Å². The fraction of sp³-hybridized carbons (Fsp3) is 0.455. The summed E-state index contributed by atoms with van der Waals surface area (Å²) in [7, 11) is 0. The van der Waals surface area contributed by atoms with Crippen molar-refractivity contribution in [2.45, 2.75) is 24.4 Å². The predicted octanol–water partition coefficient (Wildman–Crippen LogP) is 2.83. The van der Waals surface area contributed by atoms with Crippen molar-refractivity contribution in [1.29, 1.82) is 0 Å². The van der Waals surface area contributed by atoms with Crippen LogP contribution in [0.1, 0.15) is 24.0 Å². The average Bonchev–Trinajstić information content (AvgIpc) is 2.96. The SMILES string of the molecule is NCC1(c2cc(F)ccc2C(F)(F)F)CC1. The third kappa shape index (κ3) is 1.80. The van der Waals surface area contributed by atoms with Gasteiger partial charge in [-0.15, -0.1) is 0 Å². The first-order chi connectivity index (χ1) is 7.39. The zero-order valence-corrected chi connectivity index (χ0v) is 8.44. The third-order valence-electron chi connectivity index (χ3n) is 3.10. The Balaban J connectivity index is 2.54. The van der Waals surface area contributed by atoms with Crippen molar-refractivity contribution in [3.63, 3.8) is 0 Å². The third-order valence-corrected chi connectivity index (χ3v) is 3.10. The summed E-state index contributed by atoms with van der Waals surface area (Å²) in [5.74, 6) is -0.650. The lowest BCUT2D eigenvalue weighted by Crippen LogP contribution is -2.24. The average molecular weight is 233 g/mol. The molecule has 0 aliphatic heterocycles. The van der Waals surface area contributed by atoms with E-state index in [-0.39, 0.29) is 12.1 Å². The lowest BCUT2D eigenvalue weighted by atomic mass is 9.91. The van der Waals surface area contributed by atoms with Crippen molar-refractivity contribution in [3.8, 4) is 0 Å². The molecule has 2 N–H and O–H groups in total. The summed E-state index contributed by atoms with van der Waals surface area (Å²) in [6.07, 6.45) is -3.26. The summed E-state index contributed by atoms with van der Waals surface area (Å²) in [6.45, 7) is 0.125. The zero-order chi connectivity index (χ0) is 12.0. The topological polar surface area (TPSA) is 26.0 Å². The van der Waals surface area contributed by atoms with Crippen molar-refractivity contribution in [2.24, 2.45) is 5.73 Å². The second-order valence-corrected chi connectivity index (χ2v) is 4.17. The van der Waals surface area contributed by atoms with Crippen LogP contribution in [0.3, 0.4) is 0 Å². The van der Waals surface area contributed by atoms with Gasteiger partial charge in [0.15, 0.2) is 0 Å². The largest absolute Gasteiger partial charge is 0.416 e. The predicted molar refractivity (Wildman–Crippen MR) is 51.4 cm³/mol. The van der Waals surface area contributed by atoms with Crippen molar-refractivity contribution in [2.75, 3.05) is 6.54 Å². The van der Waals surface area contributed by atoms with Crippen molar-refractivity contribution < 1.29 is 17.6 Å². The van der Waals surface area contributed by atoms with Gasteiger partial charge in [-0.2, -0.15) is 13.2 Å². The molecule has 0 bridgehead atoms. The highest BCUT2D eigenvalue weighted by Gasteiger charge is 2.48. The molecule has 0 saturated heterocycles. The molecule has 1 aliphatic rings. The van der Waals surface area contributed by atoms with E-state index in [0.717, 1.165) is 18.2 Å². The van der Waals surface area contributed by atoms with E-state index in [1.165, 1.54) is 0 Å². The van der Waals surface area contributed by atoms with Crippen molar-refractivity contribution >= 4 is 0 Å². The highest BCUT2D eigenvalue weighted by molar-refractivity contribution is 5.41. The molecule has 0 spiro atoms. The molecule has 1 nitrogen and oxygen atoms in total. The Bertz CT molecular complexity index is 407. The minimum atomic E-state index is -4.45. The van der Waals surface area contributed by atoms with Crippen LogP contribution in [0.2, 0.25) is 0 Å². The van der Waals surface area contributed by atoms with Gasteiger partial charge in [0.25, 0.3) is 0 Å². The van der Waals surface area contributed by atoms with Gasteiger partial charge in [0.05, 0.1) is 5.56 Å². The molecule has 1 aromatic rings. The smallest absolute Gasteiger partial charge is 0.330 e. The van der Waals surface area contributed by atoms with Crippen LogP contribution in [0.15, 0.2) is 18.2 Å². The Morgan fingerprint density at radius 2 is 1.88 bits per heavy atom. The fourth-order valence-electron chi connectivity index (χ4n) is 1.94. The molecule has 5 heteroatoms. The highest BCUT2D eigenvalue weighted by Crippen LogP contribution is 2.51. The van der Waals surface area contributed by atoms with E-state index in [9.17, 15) is 17.6 Å². The van der Waals surface area contributed by atoms with Crippen LogP contribution in [-0.2, 0) is 11.6 Å². The van der Waals surface area contributed by atoms with Gasteiger partial charge in [-0.25, -0.2) is 4.39 Å². The van der Waals surface area contributed by atoms with Gasteiger partial charge in [0.1, 0.15) is 5.82 Å². The van der Waals surface area contributed by atoms with Gasteiger partial charge in [-0.3, -0.25) is 0 Å². The number of halogens is 4. The van der Waals surface area contributed by atoms with E-state index in [1.807, 2.05) is 0 Å². The summed E-state index contributed by atoms with van der Waals surface area (Å²) >= 11 is 0. The Morgan fingerprint density at radius 1 is 1.25 bits per heavy atom. The van der Waals surface area contributed by atoms with Crippen LogP contribution in [0, 0.1) is 5.82 Å². The summed E-state index contributed by atoms with van der Waals surface area (Å²) in [4.78, 5) is 0. The number of rotatable bonds is 2. The van der Waals surface area contributed by atoms with Gasteiger partial charge < -0.3 is 5.73 Å². The number of hydrogen-bond acceptors (Lipinski definition) is 1. The summed E-state index contributed by atoms with van der Waals surface area (Å²) in [5.41, 5.74) is 4.05. The first-order valence-electron chi connectivity index (χ1n) is 4.96. The fourth-order valence-corrected chi connectivity index (χ4v) is 1.94. The Kier molecular flexibility index (Phi) is 2.45. The Hall–Kier alpha value is -1.10. The molecule has 0 unspecified atom stereocenters. The van der Waals surface area contributed by atoms with E-state index in [1.54, 1.807) is 0 Å². The van der Waals surface area contributed by atoms with Crippen LogP contribution in [0.5, 0.6) is 0 Å². The maximum absolute atomic E-state index is 13.0. The second-order valence-electron chi connectivity index (χ2n) is 4.17. The molecule has 0 heterocycles. The van der Waals surface area contributed by atoms with Gasteiger partial charge in [-0.1, -0.05) is 0 Å². The standard InChI is InChI=1S/C11H11F4N/c12-7-1-2-8(11(13,14)15)9(5-7)10(6-16)3-4-10/h1-2,5H,3-4,6,16H2. The number of benzene rings is 1. The summed E-state index contributed by atoms with van der Waals surface area (Å²) < 4.78 is 51.2. The molecule has 1 aliphatic carbocycles. The number of alkyl halides is 3. The van der Waals surface area contributed by atoms with E-state index in [0.29, 0.717) is 12.8 Å². The molecule has 1 aromatic carbocycles. The lowest BCUT2D eigenvalue weighted by molar-refractivity contribution is -0.138. The Morgan fingerprint density at radius 3 is 2.31 bits per heavy atom. The second kappa shape index (κ2) is 3.45. The summed E-state index contributed by atoms with van der Waals surface area (Å²) in [6, 6.07) is 2.59. The molecule has 1 saturated carbocycles. The normalized spacial score (nSPS) is 18.6. The van der Waals surface area contributed by atoms with Crippen LogP contribution in [0.25, 0.3) is 0 Å². The molecular weight excluding hydrogens is 222 g/mol. The molecule has 0 atom stereocenters. The summed E-state index contributed by atoms with van der Waals surface area (Å²) in [5, 5.41) is 0.